The van der Waals surface area contributed by atoms with Crippen LogP contribution in [0.2, 0.25) is 0 Å². The number of aliphatic imine (C=N–C) groups is 1. The molecule has 0 rings (SSSR count). The zero-order valence-electron chi connectivity index (χ0n) is 11.5. The zero-order valence-corrected chi connectivity index (χ0v) is 11.5. The second kappa shape index (κ2) is 13.0. The Labute approximate surface area is 114 Å². The first kappa shape index (κ1) is 17.5. The third-order valence-corrected chi connectivity index (χ3v) is 2.30. The predicted molar refractivity (Wildman–Crippen MR) is 76.8 cm³/mol. The van der Waals surface area contributed by atoms with Crippen LogP contribution in [0.15, 0.2) is 29.4 Å². The fraction of sp³-hybridized carbons (Fsp3) is 0.571. The molecule has 0 spiro atoms. The van der Waals surface area contributed by atoms with Crippen LogP contribution in [0.3, 0.4) is 0 Å². The van der Waals surface area contributed by atoms with Gasteiger partial charge in [-0.25, -0.2) is 0 Å². The van der Waals surface area contributed by atoms with Crippen LogP contribution in [0, 0.1) is 0 Å². The lowest BCUT2D eigenvalue weighted by Crippen LogP contribution is -2.22. The minimum atomic E-state index is -1.21. The Kier molecular flexibility index (Phi) is 12.0. The van der Waals surface area contributed by atoms with Crippen LogP contribution in [0.5, 0.6) is 0 Å². The molecule has 0 aliphatic rings. The number of hydrogen-bond donors (Lipinski definition) is 3. The fourth-order valence-electron chi connectivity index (χ4n) is 1.28. The second-order valence-corrected chi connectivity index (χ2v) is 4.06. The maximum absolute atomic E-state index is 11.3. The van der Waals surface area contributed by atoms with Gasteiger partial charge in [0.1, 0.15) is 0 Å². The second-order valence-electron chi connectivity index (χ2n) is 4.06. The summed E-state index contributed by atoms with van der Waals surface area (Å²) >= 11 is 0. The van der Waals surface area contributed by atoms with Gasteiger partial charge >= 0.3 is 0 Å². The number of carbonyl (C=O) groups excluding carboxylic acids is 1. The Morgan fingerprint density at radius 3 is 2.79 bits per heavy atom. The van der Waals surface area contributed by atoms with Gasteiger partial charge in [-0.3, -0.25) is 9.79 Å². The lowest BCUT2D eigenvalue weighted by atomic mass is 10.2. The molecular weight excluding hydrogens is 244 g/mol. The molecule has 0 heterocycles. The highest BCUT2D eigenvalue weighted by molar-refractivity contribution is 5.77. The van der Waals surface area contributed by atoms with Gasteiger partial charge in [0.25, 0.3) is 0 Å². The van der Waals surface area contributed by atoms with E-state index in [4.69, 9.17) is 10.2 Å². The number of allylic oxidation sites excluding steroid dienone is 1. The largest absolute Gasteiger partial charge is 0.368 e. The van der Waals surface area contributed by atoms with E-state index in [0.29, 0.717) is 19.4 Å². The molecule has 5 heteroatoms. The van der Waals surface area contributed by atoms with Crippen molar-refractivity contribution in [3.63, 3.8) is 0 Å². The van der Waals surface area contributed by atoms with Gasteiger partial charge in [-0.1, -0.05) is 18.2 Å². The highest BCUT2D eigenvalue weighted by Gasteiger charge is 1.95. The average molecular weight is 268 g/mol. The van der Waals surface area contributed by atoms with Crippen molar-refractivity contribution in [3.05, 3.63) is 24.4 Å². The van der Waals surface area contributed by atoms with Crippen LogP contribution in [0.4, 0.5) is 0 Å². The maximum atomic E-state index is 11.3. The van der Waals surface area contributed by atoms with Gasteiger partial charge in [-0.15, -0.1) is 0 Å². The first-order valence-corrected chi connectivity index (χ1v) is 6.57. The molecule has 0 aromatic heterocycles. The van der Waals surface area contributed by atoms with Crippen molar-refractivity contribution in [2.75, 3.05) is 6.54 Å². The Morgan fingerprint density at radius 1 is 1.32 bits per heavy atom. The van der Waals surface area contributed by atoms with E-state index in [1.807, 2.05) is 19.1 Å². The molecule has 0 radical (unpaired) electrons. The molecule has 0 aliphatic heterocycles. The minimum absolute atomic E-state index is 0.0264. The summed E-state index contributed by atoms with van der Waals surface area (Å²) in [6.45, 7) is 2.46. The van der Waals surface area contributed by atoms with Gasteiger partial charge in [0.2, 0.25) is 5.91 Å². The number of unbranched alkanes of at least 4 members (excludes halogenated alkanes) is 2. The van der Waals surface area contributed by atoms with Gasteiger partial charge in [0.15, 0.2) is 6.29 Å². The van der Waals surface area contributed by atoms with Crippen LogP contribution < -0.4 is 5.32 Å². The summed E-state index contributed by atoms with van der Waals surface area (Å²) in [4.78, 5) is 15.3. The Hall–Kier alpha value is -1.46. The van der Waals surface area contributed by atoms with Crippen molar-refractivity contribution in [1.29, 1.82) is 0 Å². The van der Waals surface area contributed by atoms with Crippen molar-refractivity contribution < 1.29 is 15.0 Å². The molecule has 0 saturated carbocycles. The molecule has 0 unspecified atom stereocenters. The quantitative estimate of drug-likeness (QED) is 0.243. The summed E-state index contributed by atoms with van der Waals surface area (Å²) in [7, 11) is 0. The molecule has 19 heavy (non-hydrogen) atoms. The third kappa shape index (κ3) is 14.5. The van der Waals surface area contributed by atoms with Gasteiger partial charge < -0.3 is 15.5 Å². The summed E-state index contributed by atoms with van der Waals surface area (Å²) in [6.07, 6.45) is 10.8. The zero-order chi connectivity index (χ0) is 14.3. The molecule has 0 aromatic rings. The number of nitrogens with zero attached hydrogens (tertiary/aromatic N) is 1. The van der Waals surface area contributed by atoms with E-state index >= 15 is 0 Å². The van der Waals surface area contributed by atoms with E-state index in [-0.39, 0.29) is 5.91 Å². The number of aliphatic hydroxyl groups is 2. The Bertz CT molecular complexity index is 310. The van der Waals surface area contributed by atoms with E-state index in [0.717, 1.165) is 19.3 Å². The van der Waals surface area contributed by atoms with Crippen molar-refractivity contribution >= 4 is 12.1 Å². The normalized spacial score (nSPS) is 12.2. The summed E-state index contributed by atoms with van der Waals surface area (Å²) in [5.41, 5.74) is 0. The summed E-state index contributed by atoms with van der Waals surface area (Å²) in [5.74, 6) is -0.0264. The van der Waals surface area contributed by atoms with Crippen LogP contribution in [-0.2, 0) is 4.79 Å². The standard InChI is InChI=1S/C14H24N2O3/c1-2-3-12-16-13(17)8-7-11-15-10-6-4-5-9-14(18)19/h2-3,7,10-11,14,18-19H,4-6,8-9,12H2,1H3,(H,16,17)/b3-2+,11-7+,15-10?. The molecule has 0 bridgehead atoms. The van der Waals surface area contributed by atoms with E-state index in [1.54, 1.807) is 18.5 Å². The number of rotatable bonds is 10. The lowest BCUT2D eigenvalue weighted by Gasteiger charge is -1.99. The number of amides is 1. The van der Waals surface area contributed by atoms with Crippen LogP contribution in [-0.4, -0.2) is 35.2 Å². The minimum Gasteiger partial charge on any atom is -0.368 e. The summed E-state index contributed by atoms with van der Waals surface area (Å²) in [6, 6.07) is 0. The predicted octanol–water partition coefficient (Wildman–Crippen LogP) is 1.52. The SMILES string of the molecule is C/C=C/CNC(=O)C/C=C/N=CCCCCC(O)O. The van der Waals surface area contributed by atoms with E-state index < -0.39 is 6.29 Å². The monoisotopic (exact) mass is 268 g/mol. The lowest BCUT2D eigenvalue weighted by molar-refractivity contribution is -0.120. The smallest absolute Gasteiger partial charge is 0.224 e. The topological polar surface area (TPSA) is 81.9 Å². The Balaban J connectivity index is 3.48. The molecule has 0 fully saturated rings. The van der Waals surface area contributed by atoms with Crippen molar-refractivity contribution in [2.45, 2.75) is 45.3 Å². The van der Waals surface area contributed by atoms with E-state index in [1.165, 1.54) is 0 Å². The number of carbonyl (C=O) groups is 1. The van der Waals surface area contributed by atoms with Gasteiger partial charge in [0, 0.05) is 25.4 Å². The van der Waals surface area contributed by atoms with Crippen LogP contribution in [0.1, 0.15) is 39.0 Å². The molecule has 108 valence electrons. The molecule has 3 N–H and O–H groups in total. The van der Waals surface area contributed by atoms with E-state index in [2.05, 4.69) is 10.3 Å². The highest BCUT2D eigenvalue weighted by Crippen LogP contribution is 2.00. The third-order valence-electron chi connectivity index (χ3n) is 2.30. The van der Waals surface area contributed by atoms with Gasteiger partial charge in [-0.2, -0.15) is 0 Å². The van der Waals surface area contributed by atoms with Gasteiger partial charge in [0.05, 0.1) is 0 Å². The van der Waals surface area contributed by atoms with Gasteiger partial charge in [-0.05, 0) is 32.6 Å². The van der Waals surface area contributed by atoms with Crippen molar-refractivity contribution in [2.24, 2.45) is 4.99 Å². The fourth-order valence-corrected chi connectivity index (χ4v) is 1.28. The molecule has 5 nitrogen and oxygen atoms in total. The number of nitrogens with one attached hydrogen (secondary N) is 1. The molecule has 0 aliphatic carbocycles. The number of aliphatic hydroxyl groups excluding tert-OH is 1. The molecule has 0 atom stereocenters. The van der Waals surface area contributed by atoms with Crippen LogP contribution in [0.25, 0.3) is 0 Å². The van der Waals surface area contributed by atoms with Crippen molar-refractivity contribution in [1.82, 2.24) is 5.32 Å². The first-order valence-electron chi connectivity index (χ1n) is 6.57. The molecule has 0 saturated heterocycles. The number of hydrogen-bond acceptors (Lipinski definition) is 4. The van der Waals surface area contributed by atoms with Crippen LogP contribution >= 0.6 is 0 Å². The average Bonchev–Trinajstić information content (AvgIpc) is 2.36. The van der Waals surface area contributed by atoms with E-state index in [9.17, 15) is 4.79 Å². The molecular formula is C14H24N2O3. The molecule has 1 amide bonds. The first-order chi connectivity index (χ1) is 9.16. The highest BCUT2D eigenvalue weighted by atomic mass is 16.5. The molecule has 0 aromatic carbocycles. The van der Waals surface area contributed by atoms with Crippen molar-refractivity contribution in [3.8, 4) is 0 Å². The maximum Gasteiger partial charge on any atom is 0.224 e. The Morgan fingerprint density at radius 2 is 2.11 bits per heavy atom. The summed E-state index contributed by atoms with van der Waals surface area (Å²) in [5, 5.41) is 20.0. The summed E-state index contributed by atoms with van der Waals surface area (Å²) < 4.78 is 0.